The third kappa shape index (κ3) is 3.99. The monoisotopic (exact) mass is 346 g/mol. The number of anilines is 2. The Labute approximate surface area is 140 Å². The van der Waals surface area contributed by atoms with E-state index in [9.17, 15) is 18.0 Å². The fraction of sp³-hybridized carbons (Fsp3) is 0.176. The Morgan fingerprint density at radius 1 is 1.00 bits per heavy atom. The molecule has 0 aromatic heterocycles. The van der Waals surface area contributed by atoms with Crippen LogP contribution in [-0.2, 0) is 14.8 Å². The molecule has 6 nitrogen and oxygen atoms in total. The summed E-state index contributed by atoms with van der Waals surface area (Å²) in [4.78, 5) is 22.8. The van der Waals surface area contributed by atoms with Gasteiger partial charge in [0.25, 0.3) is 10.0 Å². The number of hydrogen-bond acceptors (Lipinski definition) is 4. The van der Waals surface area contributed by atoms with Gasteiger partial charge in [-0.3, -0.25) is 14.3 Å². The van der Waals surface area contributed by atoms with E-state index in [-0.39, 0.29) is 27.8 Å². The minimum Gasteiger partial charge on any atom is -0.326 e. The number of aryl methyl sites for hydroxylation is 1. The van der Waals surface area contributed by atoms with Crippen LogP contribution in [0, 0.1) is 6.92 Å². The number of amides is 1. The predicted molar refractivity (Wildman–Crippen MR) is 92.7 cm³/mol. The molecule has 0 aliphatic rings. The first-order chi connectivity index (χ1) is 11.2. The highest BCUT2D eigenvalue weighted by atomic mass is 32.2. The minimum atomic E-state index is -3.91. The van der Waals surface area contributed by atoms with Crippen molar-refractivity contribution in [1.29, 1.82) is 0 Å². The van der Waals surface area contributed by atoms with Gasteiger partial charge in [0.15, 0.2) is 5.78 Å². The lowest BCUT2D eigenvalue weighted by molar-refractivity contribution is -0.114. The molecule has 0 saturated carbocycles. The maximum atomic E-state index is 12.7. The van der Waals surface area contributed by atoms with Crippen molar-refractivity contribution < 1.29 is 18.0 Å². The van der Waals surface area contributed by atoms with Crippen LogP contribution >= 0.6 is 0 Å². The molecule has 0 saturated heterocycles. The van der Waals surface area contributed by atoms with Crippen molar-refractivity contribution in [1.82, 2.24) is 0 Å². The summed E-state index contributed by atoms with van der Waals surface area (Å²) in [7, 11) is -3.91. The molecule has 126 valence electrons. The zero-order valence-corrected chi connectivity index (χ0v) is 14.4. The van der Waals surface area contributed by atoms with Crippen LogP contribution in [-0.4, -0.2) is 20.1 Å². The van der Waals surface area contributed by atoms with Gasteiger partial charge in [0.05, 0.1) is 10.6 Å². The van der Waals surface area contributed by atoms with Gasteiger partial charge in [0.2, 0.25) is 5.91 Å². The average molecular weight is 346 g/mol. The van der Waals surface area contributed by atoms with Crippen molar-refractivity contribution in [3.8, 4) is 0 Å². The second-order valence-corrected chi connectivity index (χ2v) is 7.02. The van der Waals surface area contributed by atoms with E-state index in [0.29, 0.717) is 11.3 Å². The Morgan fingerprint density at radius 2 is 1.67 bits per heavy atom. The number of nitrogens with one attached hydrogen (secondary N) is 2. The largest absolute Gasteiger partial charge is 0.326 e. The maximum Gasteiger partial charge on any atom is 0.262 e. The summed E-state index contributed by atoms with van der Waals surface area (Å²) in [6.07, 6.45) is 0. The number of Topliss-reactive ketones (excluding diaryl/α,β-unsaturated/α-hetero) is 1. The zero-order valence-electron chi connectivity index (χ0n) is 13.6. The van der Waals surface area contributed by atoms with Crippen LogP contribution in [0.3, 0.4) is 0 Å². The van der Waals surface area contributed by atoms with Gasteiger partial charge >= 0.3 is 0 Å². The first-order valence-corrected chi connectivity index (χ1v) is 8.70. The number of para-hydroxylation sites is 1. The van der Waals surface area contributed by atoms with E-state index in [1.54, 1.807) is 37.3 Å². The highest BCUT2D eigenvalue weighted by molar-refractivity contribution is 7.92. The number of benzene rings is 2. The van der Waals surface area contributed by atoms with Crippen molar-refractivity contribution in [3.05, 3.63) is 53.6 Å². The molecule has 0 unspecified atom stereocenters. The van der Waals surface area contributed by atoms with Crippen molar-refractivity contribution in [2.24, 2.45) is 0 Å². The van der Waals surface area contributed by atoms with E-state index in [1.165, 1.54) is 26.0 Å². The molecular formula is C17H18N2O4S. The highest BCUT2D eigenvalue weighted by Gasteiger charge is 2.20. The topological polar surface area (TPSA) is 92.3 Å². The molecule has 2 aromatic carbocycles. The first kappa shape index (κ1) is 17.7. The molecule has 24 heavy (non-hydrogen) atoms. The Kier molecular flexibility index (Phi) is 5.04. The van der Waals surface area contributed by atoms with Crippen molar-refractivity contribution in [3.63, 3.8) is 0 Å². The Balaban J connectivity index is 2.45. The van der Waals surface area contributed by atoms with E-state index >= 15 is 0 Å². The van der Waals surface area contributed by atoms with Gasteiger partial charge < -0.3 is 5.32 Å². The molecule has 0 radical (unpaired) electrons. The zero-order chi connectivity index (χ0) is 17.9. The smallest absolute Gasteiger partial charge is 0.262 e. The number of ketones is 1. The van der Waals surface area contributed by atoms with Gasteiger partial charge in [-0.05, 0) is 43.7 Å². The van der Waals surface area contributed by atoms with E-state index in [4.69, 9.17) is 0 Å². The van der Waals surface area contributed by atoms with Gasteiger partial charge in [0, 0.05) is 18.2 Å². The van der Waals surface area contributed by atoms with Crippen LogP contribution in [0.15, 0.2) is 47.4 Å². The lowest BCUT2D eigenvalue weighted by Gasteiger charge is -2.14. The predicted octanol–water partition coefficient (Wildman–Crippen LogP) is 2.96. The number of carbonyl (C=O) groups excluding carboxylic acids is 2. The molecular weight excluding hydrogens is 328 g/mol. The molecule has 2 rings (SSSR count). The first-order valence-electron chi connectivity index (χ1n) is 7.22. The van der Waals surface area contributed by atoms with Gasteiger partial charge in [-0.15, -0.1) is 0 Å². The molecule has 2 N–H and O–H groups in total. The molecule has 2 aromatic rings. The van der Waals surface area contributed by atoms with Crippen LogP contribution in [0.5, 0.6) is 0 Å². The van der Waals surface area contributed by atoms with Crippen LogP contribution in [0.1, 0.15) is 29.8 Å². The van der Waals surface area contributed by atoms with Crippen LogP contribution in [0.25, 0.3) is 0 Å². The van der Waals surface area contributed by atoms with E-state index in [1.807, 2.05) is 0 Å². The summed E-state index contributed by atoms with van der Waals surface area (Å²) in [6.45, 7) is 4.37. The average Bonchev–Trinajstić information content (AvgIpc) is 2.48. The van der Waals surface area contributed by atoms with Crippen LogP contribution < -0.4 is 10.0 Å². The fourth-order valence-electron chi connectivity index (χ4n) is 2.25. The third-order valence-electron chi connectivity index (χ3n) is 3.35. The minimum absolute atomic E-state index is 0.0344. The van der Waals surface area contributed by atoms with Gasteiger partial charge in [-0.2, -0.15) is 0 Å². The summed E-state index contributed by atoms with van der Waals surface area (Å²) in [5, 5.41) is 2.55. The second-order valence-electron chi connectivity index (χ2n) is 5.37. The summed E-state index contributed by atoms with van der Waals surface area (Å²) in [5.74, 6) is -0.533. The summed E-state index contributed by atoms with van der Waals surface area (Å²) < 4.78 is 27.8. The molecule has 0 aliphatic carbocycles. The normalized spacial score (nSPS) is 11.0. The van der Waals surface area contributed by atoms with E-state index in [2.05, 4.69) is 10.0 Å². The van der Waals surface area contributed by atoms with Crippen LogP contribution in [0.4, 0.5) is 11.4 Å². The third-order valence-corrected chi connectivity index (χ3v) is 4.86. The highest BCUT2D eigenvalue weighted by Crippen LogP contribution is 2.25. The molecule has 0 aliphatic heterocycles. The Hall–Kier alpha value is -2.67. The maximum absolute atomic E-state index is 12.7. The molecule has 0 bridgehead atoms. The van der Waals surface area contributed by atoms with Crippen LogP contribution in [0.2, 0.25) is 0 Å². The molecule has 0 spiro atoms. The number of sulfonamides is 1. The second kappa shape index (κ2) is 6.84. The number of hydrogen-bond donors (Lipinski definition) is 2. The van der Waals surface area contributed by atoms with Crippen molar-refractivity contribution in [2.45, 2.75) is 25.7 Å². The SMILES string of the molecule is CC(=O)Nc1ccc(C)c(S(=O)(=O)Nc2ccccc2C(C)=O)c1. The molecule has 0 fully saturated rings. The van der Waals surface area contributed by atoms with Gasteiger partial charge in [-0.25, -0.2) is 8.42 Å². The quantitative estimate of drug-likeness (QED) is 0.814. The van der Waals surface area contributed by atoms with Crippen molar-refractivity contribution in [2.75, 3.05) is 10.0 Å². The van der Waals surface area contributed by atoms with Gasteiger partial charge in [0.1, 0.15) is 0 Å². The molecule has 7 heteroatoms. The number of carbonyl (C=O) groups is 2. The van der Waals surface area contributed by atoms with E-state index < -0.39 is 10.0 Å². The standard InChI is InChI=1S/C17H18N2O4S/c1-11-8-9-14(18-13(3)21)10-17(11)24(22,23)19-16-7-5-4-6-15(16)12(2)20/h4-10,19H,1-3H3,(H,18,21). The fourth-order valence-corrected chi connectivity index (χ4v) is 3.60. The van der Waals surface area contributed by atoms with Gasteiger partial charge in [-0.1, -0.05) is 18.2 Å². The molecule has 1 amide bonds. The summed E-state index contributed by atoms with van der Waals surface area (Å²) in [6, 6.07) is 11.0. The lowest BCUT2D eigenvalue weighted by atomic mass is 10.1. The molecule has 0 atom stereocenters. The molecule has 0 heterocycles. The lowest BCUT2D eigenvalue weighted by Crippen LogP contribution is -2.17. The summed E-state index contributed by atoms with van der Waals surface area (Å²) in [5.41, 5.74) is 1.41. The summed E-state index contributed by atoms with van der Waals surface area (Å²) >= 11 is 0. The Morgan fingerprint density at radius 3 is 2.29 bits per heavy atom. The number of rotatable bonds is 5. The van der Waals surface area contributed by atoms with Crippen molar-refractivity contribution >= 4 is 33.1 Å². The van der Waals surface area contributed by atoms with E-state index in [0.717, 1.165) is 0 Å². The Bertz CT molecular complexity index is 905.